The Morgan fingerprint density at radius 2 is 1.33 bits per heavy atom. The summed E-state index contributed by atoms with van der Waals surface area (Å²) in [6.45, 7) is 2.54. The van der Waals surface area contributed by atoms with Gasteiger partial charge in [-0.1, -0.05) is 157 Å². The van der Waals surface area contributed by atoms with E-state index >= 15 is 0 Å². The molecule has 5 aromatic carbocycles. The summed E-state index contributed by atoms with van der Waals surface area (Å²) in [7, 11) is 1.52. The Hall–Kier alpha value is -6.61. The SMILES string of the molecule is CC1=CC=CC(CC2c3cc(C(c4ccccc4)(c4ccccc4)c4ccccc4)ccc3-c3c[n+](Cc4ccccc4)nn32)C(c2nc(C(F)(F)F)nn2C)=C1. The number of aromatic nitrogens is 6. The smallest absolute Gasteiger partial charge is 0.249 e. The molecule has 57 heavy (non-hydrogen) atoms. The van der Waals surface area contributed by atoms with Crippen LogP contribution in [0.5, 0.6) is 0 Å². The minimum atomic E-state index is -4.67. The largest absolute Gasteiger partial charge is 0.453 e. The van der Waals surface area contributed by atoms with Crippen molar-refractivity contribution in [1.29, 1.82) is 0 Å². The minimum Gasteiger partial charge on any atom is -0.249 e. The van der Waals surface area contributed by atoms with Gasteiger partial charge in [0.05, 0.1) is 10.6 Å². The van der Waals surface area contributed by atoms with Crippen LogP contribution in [0.25, 0.3) is 16.8 Å². The molecule has 0 amide bonds. The third-order valence-electron chi connectivity index (χ3n) is 11.2. The van der Waals surface area contributed by atoms with Crippen molar-refractivity contribution < 1.29 is 17.9 Å². The van der Waals surface area contributed by atoms with Crippen LogP contribution < -0.4 is 4.68 Å². The highest BCUT2D eigenvalue weighted by Gasteiger charge is 2.44. The van der Waals surface area contributed by atoms with E-state index in [-0.39, 0.29) is 17.8 Å². The summed E-state index contributed by atoms with van der Waals surface area (Å²) in [5, 5.41) is 8.99. The van der Waals surface area contributed by atoms with Gasteiger partial charge in [-0.25, -0.2) is 9.67 Å². The maximum atomic E-state index is 13.9. The Kier molecular flexibility index (Phi) is 9.15. The lowest BCUT2D eigenvalue weighted by atomic mass is 9.64. The Labute approximate surface area is 329 Å². The number of nitrogens with zero attached hydrogens (tertiary/aromatic N) is 6. The summed E-state index contributed by atoms with van der Waals surface area (Å²) < 4.78 is 47.1. The first-order valence-corrected chi connectivity index (χ1v) is 19.1. The monoisotopic (exact) mass is 757 g/mol. The topological polar surface area (TPSA) is 52.4 Å². The van der Waals surface area contributed by atoms with Gasteiger partial charge >= 0.3 is 6.18 Å². The Morgan fingerprint density at radius 1 is 0.737 bits per heavy atom. The van der Waals surface area contributed by atoms with E-state index in [1.54, 1.807) is 0 Å². The van der Waals surface area contributed by atoms with Crippen molar-refractivity contribution in [1.82, 2.24) is 24.7 Å². The number of aryl methyl sites for hydroxylation is 1. The van der Waals surface area contributed by atoms with Crippen molar-refractivity contribution in [2.24, 2.45) is 13.0 Å². The average Bonchev–Trinajstić information content (AvgIpc) is 3.86. The van der Waals surface area contributed by atoms with Gasteiger partial charge in [-0.2, -0.15) is 13.2 Å². The molecule has 1 aliphatic carbocycles. The molecule has 9 rings (SSSR count). The van der Waals surface area contributed by atoms with Crippen molar-refractivity contribution in [3.05, 3.63) is 221 Å². The molecule has 9 heteroatoms. The molecule has 3 heterocycles. The standard InChI is InChI=1S/C48H40F3N6/c1-33-16-15-19-35(41(28-33)45-52-46(48(49,50)51)53-55(45)2)29-43-42-30-39(26-27-40(42)44-32-56(54-57(43)44)31-34-17-7-3-8-18-34)47(36-20-9-4-10-21-36,37-22-11-5-12-23-37)38-24-13-6-14-25-38/h3-28,30,32,35,43H,29,31H2,1-2H3/q+1. The summed E-state index contributed by atoms with van der Waals surface area (Å²) in [6.07, 6.45) is 5.92. The normalized spacial score (nSPS) is 16.4. The summed E-state index contributed by atoms with van der Waals surface area (Å²) >= 11 is 0. The maximum Gasteiger partial charge on any atom is 0.453 e. The first-order valence-electron chi connectivity index (χ1n) is 19.1. The van der Waals surface area contributed by atoms with Crippen LogP contribution in [0.2, 0.25) is 0 Å². The van der Waals surface area contributed by atoms with Crippen LogP contribution in [0.1, 0.15) is 64.4 Å². The molecule has 2 aliphatic rings. The third kappa shape index (κ3) is 6.52. The highest BCUT2D eigenvalue weighted by Crippen LogP contribution is 2.50. The number of alkyl halides is 3. The van der Waals surface area contributed by atoms with E-state index in [4.69, 9.17) is 5.21 Å². The van der Waals surface area contributed by atoms with E-state index in [0.29, 0.717) is 18.5 Å². The number of benzene rings is 5. The van der Waals surface area contributed by atoms with E-state index in [9.17, 15) is 13.2 Å². The molecule has 0 radical (unpaired) electrons. The lowest BCUT2D eigenvalue weighted by Crippen LogP contribution is -2.37. The molecule has 0 spiro atoms. The second kappa shape index (κ2) is 14.5. The second-order valence-corrected chi connectivity index (χ2v) is 14.8. The van der Waals surface area contributed by atoms with Gasteiger partial charge < -0.3 is 0 Å². The predicted octanol–water partition coefficient (Wildman–Crippen LogP) is 9.92. The fourth-order valence-electron chi connectivity index (χ4n) is 8.67. The van der Waals surface area contributed by atoms with Crippen molar-refractivity contribution in [3.8, 4) is 11.3 Å². The summed E-state index contributed by atoms with van der Waals surface area (Å²) in [5.41, 5.74) is 9.71. The molecule has 282 valence electrons. The van der Waals surface area contributed by atoms with Crippen molar-refractivity contribution in [2.75, 3.05) is 0 Å². The van der Waals surface area contributed by atoms with Crippen LogP contribution in [0.3, 0.4) is 0 Å². The third-order valence-corrected chi connectivity index (χ3v) is 11.2. The van der Waals surface area contributed by atoms with Gasteiger partial charge in [0.15, 0.2) is 23.8 Å². The molecular weight excluding hydrogens is 718 g/mol. The van der Waals surface area contributed by atoms with Crippen LogP contribution >= 0.6 is 0 Å². The molecular formula is C48H40F3N6+. The van der Waals surface area contributed by atoms with Gasteiger partial charge in [-0.05, 0) is 46.9 Å². The van der Waals surface area contributed by atoms with E-state index in [1.165, 1.54) is 11.7 Å². The number of allylic oxidation sites excluding steroid dienone is 6. The molecule has 6 nitrogen and oxygen atoms in total. The van der Waals surface area contributed by atoms with Gasteiger partial charge in [-0.3, -0.25) is 0 Å². The molecule has 1 aliphatic heterocycles. The molecule has 0 saturated carbocycles. The van der Waals surface area contributed by atoms with E-state index < -0.39 is 17.4 Å². The lowest BCUT2D eigenvalue weighted by Gasteiger charge is -2.37. The number of hydrogen-bond acceptors (Lipinski definition) is 3. The van der Waals surface area contributed by atoms with Gasteiger partial charge in [-0.15, -0.1) is 14.5 Å². The van der Waals surface area contributed by atoms with Crippen molar-refractivity contribution in [3.63, 3.8) is 0 Å². The number of fused-ring (bicyclic) bond motifs is 3. The van der Waals surface area contributed by atoms with Crippen LogP contribution in [0, 0.1) is 5.92 Å². The molecule has 0 N–H and O–H groups in total. The Bertz CT molecular complexity index is 2540. The summed E-state index contributed by atoms with van der Waals surface area (Å²) in [4.78, 5) is 4.06. The first-order chi connectivity index (χ1) is 27.7. The van der Waals surface area contributed by atoms with E-state index in [2.05, 4.69) is 130 Å². The minimum absolute atomic E-state index is 0.190. The first kappa shape index (κ1) is 36.1. The number of rotatable bonds is 9. The molecule has 2 unspecified atom stereocenters. The van der Waals surface area contributed by atoms with E-state index in [1.807, 2.05) is 66.2 Å². The van der Waals surface area contributed by atoms with Crippen molar-refractivity contribution in [2.45, 2.75) is 37.5 Å². The zero-order valence-corrected chi connectivity index (χ0v) is 31.6. The average molecular weight is 758 g/mol. The molecule has 2 atom stereocenters. The van der Waals surface area contributed by atoms with Crippen LogP contribution in [-0.2, 0) is 25.2 Å². The van der Waals surface area contributed by atoms with E-state index in [0.717, 1.165) is 50.2 Å². The highest BCUT2D eigenvalue weighted by atomic mass is 19.4. The Balaban J connectivity index is 1.23. The van der Waals surface area contributed by atoms with Crippen molar-refractivity contribution >= 4 is 5.57 Å². The summed E-state index contributed by atoms with van der Waals surface area (Å²) in [5.74, 6) is -1.28. The number of hydrogen-bond donors (Lipinski definition) is 0. The fourth-order valence-corrected chi connectivity index (χ4v) is 8.67. The highest BCUT2D eigenvalue weighted by molar-refractivity contribution is 5.73. The summed E-state index contributed by atoms with van der Waals surface area (Å²) in [6, 6.07) is 48.6. The maximum absolute atomic E-state index is 13.9. The second-order valence-electron chi connectivity index (χ2n) is 14.8. The zero-order chi connectivity index (χ0) is 39.1. The zero-order valence-electron chi connectivity index (χ0n) is 31.6. The lowest BCUT2D eigenvalue weighted by molar-refractivity contribution is -0.747. The molecule has 0 saturated heterocycles. The van der Waals surface area contributed by atoms with Crippen LogP contribution in [-0.4, -0.2) is 24.7 Å². The molecule has 0 bridgehead atoms. The molecule has 0 fully saturated rings. The Morgan fingerprint density at radius 3 is 1.91 bits per heavy atom. The molecule has 2 aromatic heterocycles. The number of halogens is 3. The van der Waals surface area contributed by atoms with Gasteiger partial charge in [0.1, 0.15) is 6.54 Å². The van der Waals surface area contributed by atoms with Gasteiger partial charge in [0, 0.05) is 36.1 Å². The predicted molar refractivity (Wildman–Crippen MR) is 215 cm³/mol. The van der Waals surface area contributed by atoms with Gasteiger partial charge in [0.25, 0.3) is 5.82 Å². The fraction of sp³-hybridized carbons (Fsp3) is 0.167. The van der Waals surface area contributed by atoms with Crippen LogP contribution in [0.4, 0.5) is 13.2 Å². The van der Waals surface area contributed by atoms with Crippen LogP contribution in [0.15, 0.2) is 176 Å². The van der Waals surface area contributed by atoms with Gasteiger partial charge in [0.2, 0.25) is 0 Å². The molecule has 7 aromatic rings. The quantitative estimate of drug-likeness (QED) is 0.109.